The molecule has 1 fully saturated rings. The Morgan fingerprint density at radius 1 is 1.00 bits per heavy atom. The van der Waals surface area contributed by atoms with Gasteiger partial charge in [0.2, 0.25) is 0 Å². The van der Waals surface area contributed by atoms with Crippen LogP contribution in [0.2, 0.25) is 0 Å². The van der Waals surface area contributed by atoms with E-state index in [9.17, 15) is 4.39 Å². The number of benzene rings is 1. The number of hydrogen-bond donors (Lipinski definition) is 1. The Kier molecular flexibility index (Phi) is 7.22. The minimum atomic E-state index is -0.200. The Morgan fingerprint density at radius 2 is 1.57 bits per heavy atom. The Balaban J connectivity index is 1.80. The van der Waals surface area contributed by atoms with Gasteiger partial charge < -0.3 is 10.1 Å². The van der Waals surface area contributed by atoms with Crippen LogP contribution in [0.5, 0.6) is 0 Å². The average Bonchev–Trinajstić information content (AvgIpc) is 2.66. The van der Waals surface area contributed by atoms with Gasteiger partial charge >= 0.3 is 0 Å². The number of nitrogens with zero attached hydrogens (tertiary/aromatic N) is 3. The van der Waals surface area contributed by atoms with Crippen molar-refractivity contribution in [3.05, 3.63) is 59.4 Å². The molecule has 5 nitrogen and oxygen atoms in total. The Labute approximate surface area is 180 Å². The first-order valence-electron chi connectivity index (χ1n) is 10.7. The minimum absolute atomic E-state index is 0.0496. The van der Waals surface area contributed by atoms with Crippen LogP contribution >= 0.6 is 0 Å². The minimum Gasteiger partial charge on any atom is -0.384 e. The van der Waals surface area contributed by atoms with Gasteiger partial charge in [0.25, 0.3) is 0 Å². The fourth-order valence-corrected chi connectivity index (χ4v) is 4.69. The number of rotatable bonds is 8. The van der Waals surface area contributed by atoms with Crippen molar-refractivity contribution in [2.45, 2.75) is 77.2 Å². The van der Waals surface area contributed by atoms with Crippen LogP contribution in [0.3, 0.4) is 0 Å². The largest absolute Gasteiger partial charge is 0.384 e. The topological polar surface area (TPSA) is 50.3 Å². The predicted octanol–water partition coefficient (Wildman–Crippen LogP) is 4.12. The van der Waals surface area contributed by atoms with Crippen molar-refractivity contribution in [3.63, 3.8) is 0 Å². The molecule has 0 unspecified atom stereocenters. The second-order valence-electron chi connectivity index (χ2n) is 9.74. The smallest absolute Gasteiger partial charge is 0.130 e. The first kappa shape index (κ1) is 22.8. The van der Waals surface area contributed by atoms with E-state index < -0.39 is 0 Å². The van der Waals surface area contributed by atoms with Gasteiger partial charge in [0.1, 0.15) is 11.6 Å². The molecule has 1 aromatic heterocycles. The fourth-order valence-electron chi connectivity index (χ4n) is 4.69. The van der Waals surface area contributed by atoms with E-state index in [0.717, 1.165) is 42.9 Å². The predicted molar refractivity (Wildman–Crippen MR) is 118 cm³/mol. The molecule has 164 valence electrons. The molecule has 1 N–H and O–H groups in total. The summed E-state index contributed by atoms with van der Waals surface area (Å²) in [5.41, 5.74) is 2.30. The third-order valence-corrected chi connectivity index (χ3v) is 5.66. The van der Waals surface area contributed by atoms with Gasteiger partial charge in [-0.1, -0.05) is 12.1 Å². The van der Waals surface area contributed by atoms with Gasteiger partial charge in [0.05, 0.1) is 6.61 Å². The van der Waals surface area contributed by atoms with Gasteiger partial charge in [-0.05, 0) is 58.2 Å². The third-order valence-electron chi connectivity index (χ3n) is 5.66. The van der Waals surface area contributed by atoms with E-state index in [2.05, 4.69) is 47.9 Å². The van der Waals surface area contributed by atoms with Crippen molar-refractivity contribution in [2.24, 2.45) is 0 Å². The SMILES string of the molecule is COCCc1ncc(CN(Cc2ccc(F)cc2)C2CC(C)(C)NC(C)(C)C2)cn1. The maximum Gasteiger partial charge on any atom is 0.130 e. The Hall–Kier alpha value is -1.89. The molecule has 0 aliphatic carbocycles. The molecule has 6 heteroatoms. The summed E-state index contributed by atoms with van der Waals surface area (Å²) in [7, 11) is 1.68. The van der Waals surface area contributed by atoms with Crippen molar-refractivity contribution < 1.29 is 9.13 Å². The lowest BCUT2D eigenvalue weighted by molar-refractivity contribution is 0.0562. The number of hydrogen-bond acceptors (Lipinski definition) is 5. The van der Waals surface area contributed by atoms with Gasteiger partial charge in [-0.2, -0.15) is 0 Å². The molecule has 30 heavy (non-hydrogen) atoms. The number of methoxy groups -OCH3 is 1. The van der Waals surface area contributed by atoms with Crippen molar-refractivity contribution in [3.8, 4) is 0 Å². The van der Waals surface area contributed by atoms with Gasteiger partial charge in [-0.3, -0.25) is 4.90 Å². The highest BCUT2D eigenvalue weighted by Gasteiger charge is 2.39. The highest BCUT2D eigenvalue weighted by Crippen LogP contribution is 2.33. The molecule has 1 aliphatic heterocycles. The summed E-state index contributed by atoms with van der Waals surface area (Å²) < 4.78 is 18.5. The molecule has 0 amide bonds. The van der Waals surface area contributed by atoms with Crippen LogP contribution in [-0.2, 0) is 24.2 Å². The number of piperidine rings is 1. The molecule has 0 atom stereocenters. The van der Waals surface area contributed by atoms with Gasteiger partial charge in [0, 0.05) is 61.7 Å². The van der Waals surface area contributed by atoms with Crippen LogP contribution in [0.15, 0.2) is 36.7 Å². The standard InChI is InChI=1S/C24H35FN4O/c1-23(2)12-21(13-24(3,4)28-23)29(16-18-6-8-20(25)9-7-18)17-19-14-26-22(27-15-19)10-11-30-5/h6-9,14-15,21,28H,10-13,16-17H2,1-5H3. The monoisotopic (exact) mass is 414 g/mol. The first-order valence-corrected chi connectivity index (χ1v) is 10.7. The number of halogens is 1. The zero-order chi connectivity index (χ0) is 21.8. The van der Waals surface area contributed by atoms with Crippen LogP contribution < -0.4 is 5.32 Å². The molecular formula is C24H35FN4O. The van der Waals surface area contributed by atoms with Gasteiger partial charge in [0.15, 0.2) is 0 Å². The maximum atomic E-state index is 13.4. The molecule has 0 radical (unpaired) electrons. The van der Waals surface area contributed by atoms with Crippen molar-refractivity contribution in [1.82, 2.24) is 20.2 Å². The summed E-state index contributed by atoms with van der Waals surface area (Å²) in [6.07, 6.45) is 6.65. The summed E-state index contributed by atoms with van der Waals surface area (Å²) in [4.78, 5) is 11.5. The first-order chi connectivity index (χ1) is 14.2. The molecule has 1 saturated heterocycles. The normalized spacial score (nSPS) is 18.6. The quantitative estimate of drug-likeness (QED) is 0.704. The van der Waals surface area contributed by atoms with E-state index in [1.165, 1.54) is 12.1 Å². The zero-order valence-corrected chi connectivity index (χ0v) is 18.9. The molecule has 0 bridgehead atoms. The van der Waals surface area contributed by atoms with E-state index in [0.29, 0.717) is 19.1 Å². The summed E-state index contributed by atoms with van der Waals surface area (Å²) >= 11 is 0. The van der Waals surface area contributed by atoms with Crippen LogP contribution in [0.4, 0.5) is 4.39 Å². The van der Waals surface area contributed by atoms with Crippen LogP contribution in [0.25, 0.3) is 0 Å². The van der Waals surface area contributed by atoms with E-state index in [1.54, 1.807) is 7.11 Å². The second kappa shape index (κ2) is 9.50. The second-order valence-corrected chi connectivity index (χ2v) is 9.74. The zero-order valence-electron chi connectivity index (χ0n) is 18.9. The van der Waals surface area contributed by atoms with E-state index in [1.807, 2.05) is 24.5 Å². The highest BCUT2D eigenvalue weighted by atomic mass is 19.1. The van der Waals surface area contributed by atoms with Gasteiger partial charge in [-0.25, -0.2) is 14.4 Å². The summed E-state index contributed by atoms with van der Waals surface area (Å²) in [6.45, 7) is 11.2. The average molecular weight is 415 g/mol. The van der Waals surface area contributed by atoms with Crippen LogP contribution in [0.1, 0.15) is 57.5 Å². The molecule has 2 aromatic rings. The van der Waals surface area contributed by atoms with Crippen molar-refractivity contribution >= 4 is 0 Å². The summed E-state index contributed by atoms with van der Waals surface area (Å²) in [5, 5.41) is 3.77. The number of ether oxygens (including phenoxy) is 1. The van der Waals surface area contributed by atoms with E-state index >= 15 is 0 Å². The molecular weight excluding hydrogens is 379 g/mol. The van der Waals surface area contributed by atoms with E-state index in [4.69, 9.17) is 4.74 Å². The lowest BCUT2D eigenvalue weighted by Crippen LogP contribution is -2.62. The highest BCUT2D eigenvalue weighted by molar-refractivity contribution is 5.17. The summed E-state index contributed by atoms with van der Waals surface area (Å²) in [6, 6.07) is 7.23. The lowest BCUT2D eigenvalue weighted by Gasteiger charge is -2.49. The third kappa shape index (κ3) is 6.56. The molecule has 1 aromatic carbocycles. The van der Waals surface area contributed by atoms with E-state index in [-0.39, 0.29) is 16.9 Å². The number of nitrogens with one attached hydrogen (secondary N) is 1. The number of aromatic nitrogens is 2. The molecule has 3 rings (SSSR count). The Morgan fingerprint density at radius 3 is 2.13 bits per heavy atom. The molecule has 0 saturated carbocycles. The molecule has 2 heterocycles. The van der Waals surface area contributed by atoms with Crippen LogP contribution in [-0.4, -0.2) is 45.7 Å². The molecule has 0 spiro atoms. The van der Waals surface area contributed by atoms with Gasteiger partial charge in [-0.15, -0.1) is 0 Å². The molecule has 1 aliphatic rings. The Bertz CT molecular complexity index is 789. The lowest BCUT2D eigenvalue weighted by atomic mass is 9.79. The fraction of sp³-hybridized carbons (Fsp3) is 0.583. The summed E-state index contributed by atoms with van der Waals surface area (Å²) in [5.74, 6) is 0.601. The van der Waals surface area contributed by atoms with Crippen molar-refractivity contribution in [1.29, 1.82) is 0 Å². The van der Waals surface area contributed by atoms with Crippen molar-refractivity contribution in [2.75, 3.05) is 13.7 Å². The maximum absolute atomic E-state index is 13.4. The van der Waals surface area contributed by atoms with Crippen LogP contribution in [0, 0.1) is 5.82 Å².